The second kappa shape index (κ2) is 12.4. The molecule has 8 nitrogen and oxygen atoms in total. The summed E-state index contributed by atoms with van der Waals surface area (Å²) in [5.74, 6) is -1.16. The van der Waals surface area contributed by atoms with Crippen LogP contribution in [0.2, 0.25) is 0 Å². The number of halogens is 2. The molecule has 2 aliphatic rings. The lowest BCUT2D eigenvalue weighted by Gasteiger charge is -2.47. The molecule has 0 amide bonds. The number of hydrogen-bond acceptors (Lipinski definition) is 8. The zero-order valence-corrected chi connectivity index (χ0v) is 24.5. The minimum atomic E-state index is -1.11. The van der Waals surface area contributed by atoms with Gasteiger partial charge in [-0.3, -0.25) is 0 Å². The molecule has 0 spiro atoms. The van der Waals surface area contributed by atoms with Crippen molar-refractivity contribution in [3.05, 3.63) is 103 Å². The third kappa shape index (κ3) is 5.89. The van der Waals surface area contributed by atoms with Gasteiger partial charge in [-0.1, -0.05) is 54.6 Å². The van der Waals surface area contributed by atoms with E-state index in [9.17, 15) is 9.59 Å². The maximum atomic E-state index is 13.4. The standard InChI is InChI=1S/C28H24I2O8/c1-33-28-24(37-26(32)18-12-6-8-14-20(18)30)23(36-25(31)17-11-5-7-13-19(17)29)22-21(35-28)15-34-27(38-22)16-9-3-2-4-10-16/h2-14,21-24,27-28H,15H2,1H3/t21?,22-,23?,24?,27?,28-/m1/s1. The summed E-state index contributed by atoms with van der Waals surface area (Å²) in [4.78, 5) is 26.6. The lowest BCUT2D eigenvalue weighted by molar-refractivity contribution is -0.356. The molecule has 3 aromatic carbocycles. The number of rotatable bonds is 6. The SMILES string of the molecule is CO[C@@H]1OC2COC(c3ccccc3)O[C@H]2C(OC(=O)c2ccccc2I)C1OC(=O)c1ccccc1I. The van der Waals surface area contributed by atoms with Crippen LogP contribution in [0.3, 0.4) is 0 Å². The highest BCUT2D eigenvalue weighted by Crippen LogP contribution is 2.37. The maximum Gasteiger partial charge on any atom is 0.339 e. The molecule has 0 saturated carbocycles. The molecule has 10 heteroatoms. The van der Waals surface area contributed by atoms with Crippen molar-refractivity contribution in [1.82, 2.24) is 0 Å². The van der Waals surface area contributed by atoms with Crippen LogP contribution in [0.15, 0.2) is 78.9 Å². The molecule has 0 N–H and O–H groups in total. The predicted molar refractivity (Wildman–Crippen MR) is 152 cm³/mol. The number of fused-ring (bicyclic) bond motifs is 1. The maximum absolute atomic E-state index is 13.4. The van der Waals surface area contributed by atoms with Gasteiger partial charge in [-0.05, 0) is 69.4 Å². The van der Waals surface area contributed by atoms with Crippen molar-refractivity contribution in [1.29, 1.82) is 0 Å². The van der Waals surface area contributed by atoms with Crippen LogP contribution in [0.25, 0.3) is 0 Å². The van der Waals surface area contributed by atoms with Crippen LogP contribution in [0.1, 0.15) is 32.6 Å². The molecule has 198 valence electrons. The van der Waals surface area contributed by atoms with Gasteiger partial charge in [-0.25, -0.2) is 9.59 Å². The van der Waals surface area contributed by atoms with Crippen LogP contribution < -0.4 is 0 Å². The molecule has 2 heterocycles. The Hall–Kier alpha value is -2.10. The molecule has 2 saturated heterocycles. The predicted octanol–water partition coefficient (Wildman–Crippen LogP) is 5.13. The molecule has 0 aromatic heterocycles. The Morgan fingerprint density at radius 1 is 0.763 bits per heavy atom. The summed E-state index contributed by atoms with van der Waals surface area (Å²) in [5, 5.41) is 0. The van der Waals surface area contributed by atoms with Crippen LogP contribution in [0.5, 0.6) is 0 Å². The Labute approximate surface area is 247 Å². The lowest BCUT2D eigenvalue weighted by atomic mass is 9.97. The van der Waals surface area contributed by atoms with E-state index < -0.39 is 48.9 Å². The Morgan fingerprint density at radius 2 is 1.32 bits per heavy atom. The summed E-state index contributed by atoms with van der Waals surface area (Å²) < 4.78 is 37.4. The third-order valence-corrected chi connectivity index (χ3v) is 8.14. The van der Waals surface area contributed by atoms with Crippen LogP contribution in [0, 0.1) is 7.14 Å². The van der Waals surface area contributed by atoms with E-state index in [4.69, 9.17) is 28.4 Å². The minimum absolute atomic E-state index is 0.165. The molecule has 2 fully saturated rings. The fourth-order valence-corrected chi connectivity index (χ4v) is 5.62. The van der Waals surface area contributed by atoms with Gasteiger partial charge in [0, 0.05) is 19.8 Å². The van der Waals surface area contributed by atoms with E-state index in [1.54, 1.807) is 30.3 Å². The van der Waals surface area contributed by atoms with Gasteiger partial charge in [0.25, 0.3) is 0 Å². The highest BCUT2D eigenvalue weighted by atomic mass is 127. The number of ether oxygens (including phenoxy) is 6. The quantitative estimate of drug-likeness (QED) is 0.254. The summed E-state index contributed by atoms with van der Waals surface area (Å²) >= 11 is 4.15. The van der Waals surface area contributed by atoms with Crippen LogP contribution >= 0.6 is 45.2 Å². The van der Waals surface area contributed by atoms with Gasteiger partial charge < -0.3 is 28.4 Å². The fraction of sp³-hybridized carbons (Fsp3) is 0.286. The molecular weight excluding hydrogens is 718 g/mol. The molecular formula is C28H24I2O8. The second-order valence-electron chi connectivity index (χ2n) is 8.65. The van der Waals surface area contributed by atoms with Crippen LogP contribution in [-0.4, -0.2) is 56.4 Å². The zero-order valence-electron chi connectivity index (χ0n) is 20.2. The van der Waals surface area contributed by atoms with Gasteiger partial charge >= 0.3 is 11.9 Å². The molecule has 0 radical (unpaired) electrons. The van der Waals surface area contributed by atoms with Crippen LogP contribution in [-0.2, 0) is 28.4 Å². The van der Waals surface area contributed by atoms with Crippen molar-refractivity contribution in [2.45, 2.75) is 37.0 Å². The summed E-state index contributed by atoms with van der Waals surface area (Å²) in [6.07, 6.45) is -5.30. The van der Waals surface area contributed by atoms with E-state index in [1.165, 1.54) is 7.11 Å². The van der Waals surface area contributed by atoms with Crippen molar-refractivity contribution < 1.29 is 38.0 Å². The van der Waals surface area contributed by atoms with E-state index in [2.05, 4.69) is 45.2 Å². The minimum Gasteiger partial charge on any atom is -0.452 e. The average Bonchev–Trinajstić information content (AvgIpc) is 2.94. The van der Waals surface area contributed by atoms with Gasteiger partial charge in [-0.2, -0.15) is 0 Å². The molecule has 4 unspecified atom stereocenters. The fourth-order valence-electron chi connectivity index (χ4n) is 4.40. The largest absolute Gasteiger partial charge is 0.452 e. The van der Waals surface area contributed by atoms with Gasteiger partial charge in [0.2, 0.25) is 0 Å². The van der Waals surface area contributed by atoms with Crippen molar-refractivity contribution in [2.75, 3.05) is 13.7 Å². The van der Waals surface area contributed by atoms with Gasteiger partial charge in [0.1, 0.15) is 12.2 Å². The molecule has 0 aliphatic carbocycles. The van der Waals surface area contributed by atoms with Gasteiger partial charge in [0.15, 0.2) is 24.8 Å². The molecule has 2 aliphatic heterocycles. The number of methoxy groups -OCH3 is 1. The molecule has 6 atom stereocenters. The smallest absolute Gasteiger partial charge is 0.339 e. The molecule has 38 heavy (non-hydrogen) atoms. The second-order valence-corrected chi connectivity index (χ2v) is 11.0. The Morgan fingerprint density at radius 3 is 1.89 bits per heavy atom. The topological polar surface area (TPSA) is 89.5 Å². The summed E-state index contributed by atoms with van der Waals surface area (Å²) in [6, 6.07) is 23.6. The monoisotopic (exact) mass is 742 g/mol. The average molecular weight is 742 g/mol. The summed E-state index contributed by atoms with van der Waals surface area (Å²) in [7, 11) is 1.44. The Balaban J connectivity index is 1.48. The van der Waals surface area contributed by atoms with E-state index in [0.717, 1.165) is 12.7 Å². The van der Waals surface area contributed by atoms with E-state index in [0.29, 0.717) is 11.1 Å². The van der Waals surface area contributed by atoms with Crippen molar-refractivity contribution in [3.63, 3.8) is 0 Å². The number of esters is 2. The first-order valence-electron chi connectivity index (χ1n) is 11.9. The molecule has 0 bridgehead atoms. The van der Waals surface area contributed by atoms with Crippen molar-refractivity contribution in [3.8, 4) is 0 Å². The normalized spacial score (nSPS) is 26.7. The first kappa shape index (κ1) is 27.5. The van der Waals surface area contributed by atoms with E-state index in [1.807, 2.05) is 48.5 Å². The third-order valence-electron chi connectivity index (χ3n) is 6.26. The van der Waals surface area contributed by atoms with Crippen molar-refractivity contribution >= 4 is 57.1 Å². The van der Waals surface area contributed by atoms with E-state index in [-0.39, 0.29) is 6.61 Å². The Kier molecular flexibility index (Phi) is 8.95. The zero-order chi connectivity index (χ0) is 26.6. The number of benzene rings is 3. The van der Waals surface area contributed by atoms with E-state index >= 15 is 0 Å². The number of carbonyl (C=O) groups is 2. The van der Waals surface area contributed by atoms with Crippen molar-refractivity contribution in [2.24, 2.45) is 0 Å². The summed E-state index contributed by atoms with van der Waals surface area (Å²) in [5.41, 5.74) is 1.57. The van der Waals surface area contributed by atoms with Gasteiger partial charge in [-0.15, -0.1) is 0 Å². The van der Waals surface area contributed by atoms with Crippen LogP contribution in [0.4, 0.5) is 0 Å². The number of hydrogen-bond donors (Lipinski definition) is 0. The van der Waals surface area contributed by atoms with Gasteiger partial charge in [0.05, 0.1) is 17.7 Å². The Bertz CT molecular complexity index is 1290. The summed E-state index contributed by atoms with van der Waals surface area (Å²) in [6.45, 7) is 0.165. The first-order valence-corrected chi connectivity index (χ1v) is 14.0. The highest BCUT2D eigenvalue weighted by Gasteiger charge is 2.54. The number of carbonyl (C=O) groups excluding carboxylic acids is 2. The highest BCUT2D eigenvalue weighted by molar-refractivity contribution is 14.1. The molecule has 3 aromatic rings. The first-order chi connectivity index (χ1) is 18.5. The molecule has 5 rings (SSSR count). The lowest BCUT2D eigenvalue weighted by Crippen LogP contribution is -2.64.